The molecule has 1 saturated carbocycles. The third kappa shape index (κ3) is 3.87. The summed E-state index contributed by atoms with van der Waals surface area (Å²) in [4.78, 5) is 10.6. The lowest BCUT2D eigenvalue weighted by atomic mass is 9.78. The van der Waals surface area contributed by atoms with Crippen LogP contribution in [0, 0.1) is 0 Å². The van der Waals surface area contributed by atoms with Crippen molar-refractivity contribution in [2.45, 2.75) is 44.2 Å². The van der Waals surface area contributed by atoms with Crippen LogP contribution in [0.25, 0.3) is 0 Å². The van der Waals surface area contributed by atoms with E-state index < -0.39 is 6.09 Å². The molecule has 0 aliphatic heterocycles. The van der Waals surface area contributed by atoms with Crippen molar-refractivity contribution in [2.75, 3.05) is 0 Å². The maximum Gasteiger partial charge on any atom is 0.404 e. The number of carboxylic acid groups (broad SMARTS) is 1. The van der Waals surface area contributed by atoms with Crippen molar-refractivity contribution in [1.82, 2.24) is 5.32 Å². The summed E-state index contributed by atoms with van der Waals surface area (Å²) in [5, 5.41) is 20.6. The topological polar surface area (TPSA) is 78.8 Å². The first-order chi connectivity index (χ1) is 11.8. The lowest BCUT2D eigenvalue weighted by Gasteiger charge is -2.35. The smallest absolute Gasteiger partial charge is 0.404 e. The van der Waals surface area contributed by atoms with Crippen molar-refractivity contribution in [2.24, 2.45) is 0 Å². The number of hydrogen-bond donors (Lipinski definition) is 3. The fraction of sp³-hybridized carbons (Fsp3) is 0.350. The van der Waals surface area contributed by atoms with E-state index in [0.717, 1.165) is 16.9 Å². The largest absolute Gasteiger partial charge is 0.508 e. The summed E-state index contributed by atoms with van der Waals surface area (Å²) >= 11 is 0. The summed E-state index contributed by atoms with van der Waals surface area (Å²) in [6, 6.07) is 15.3. The van der Waals surface area contributed by atoms with Gasteiger partial charge in [0.1, 0.15) is 17.6 Å². The summed E-state index contributed by atoms with van der Waals surface area (Å²) in [6.07, 6.45) is 0.484. The van der Waals surface area contributed by atoms with E-state index >= 15 is 0 Å². The molecule has 0 atom stereocenters. The summed E-state index contributed by atoms with van der Waals surface area (Å²) in [5.74, 6) is 1.06. The van der Waals surface area contributed by atoms with E-state index in [1.54, 1.807) is 12.1 Å². The summed E-state index contributed by atoms with van der Waals surface area (Å²) in [6.45, 7) is 4.28. The van der Waals surface area contributed by atoms with Crippen molar-refractivity contribution < 1.29 is 19.7 Å². The second-order valence-corrected chi connectivity index (χ2v) is 7.05. The van der Waals surface area contributed by atoms with Crippen LogP contribution in [0.2, 0.25) is 0 Å². The van der Waals surface area contributed by atoms with Gasteiger partial charge < -0.3 is 20.3 Å². The predicted octanol–water partition coefficient (Wildman–Crippen LogP) is 3.90. The molecule has 5 nitrogen and oxygen atoms in total. The molecule has 3 N–H and O–H groups in total. The number of ether oxygens (including phenoxy) is 1. The summed E-state index contributed by atoms with van der Waals surface area (Å²) in [7, 11) is 0. The van der Waals surface area contributed by atoms with Crippen LogP contribution in [0.5, 0.6) is 11.5 Å². The van der Waals surface area contributed by atoms with Gasteiger partial charge in [-0.3, -0.25) is 0 Å². The average Bonchev–Trinajstić information content (AvgIpc) is 2.53. The van der Waals surface area contributed by atoms with Gasteiger partial charge in [-0.2, -0.15) is 0 Å². The van der Waals surface area contributed by atoms with Crippen LogP contribution in [-0.2, 0) is 5.41 Å². The quantitative estimate of drug-likeness (QED) is 0.771. The van der Waals surface area contributed by atoms with Crippen molar-refractivity contribution in [3.05, 3.63) is 59.7 Å². The minimum Gasteiger partial charge on any atom is -0.508 e. The summed E-state index contributed by atoms with van der Waals surface area (Å²) < 4.78 is 5.89. The van der Waals surface area contributed by atoms with Gasteiger partial charge in [0.15, 0.2) is 0 Å². The molecule has 0 bridgehead atoms. The number of rotatable bonds is 5. The predicted molar refractivity (Wildman–Crippen MR) is 95.3 cm³/mol. The Balaban J connectivity index is 1.62. The molecule has 132 valence electrons. The zero-order valence-corrected chi connectivity index (χ0v) is 14.4. The molecular formula is C20H23NO4. The molecule has 0 unspecified atom stereocenters. The second-order valence-electron chi connectivity index (χ2n) is 7.05. The third-order valence-corrected chi connectivity index (χ3v) is 4.89. The normalized spacial score (nSPS) is 19.8. The fourth-order valence-electron chi connectivity index (χ4n) is 3.14. The van der Waals surface area contributed by atoms with Gasteiger partial charge in [0.05, 0.1) is 0 Å². The maximum absolute atomic E-state index is 10.6. The molecule has 0 spiro atoms. The van der Waals surface area contributed by atoms with Crippen LogP contribution >= 0.6 is 0 Å². The Labute approximate surface area is 147 Å². The van der Waals surface area contributed by atoms with E-state index in [0.29, 0.717) is 12.8 Å². The molecule has 1 aliphatic rings. The molecule has 0 radical (unpaired) electrons. The van der Waals surface area contributed by atoms with E-state index in [-0.39, 0.29) is 23.3 Å². The fourth-order valence-corrected chi connectivity index (χ4v) is 3.14. The maximum atomic E-state index is 10.6. The van der Waals surface area contributed by atoms with E-state index in [1.165, 1.54) is 0 Å². The minimum absolute atomic E-state index is 0.00444. The van der Waals surface area contributed by atoms with Gasteiger partial charge in [-0.1, -0.05) is 38.1 Å². The van der Waals surface area contributed by atoms with Crippen LogP contribution in [0.15, 0.2) is 48.5 Å². The number of hydrogen-bond acceptors (Lipinski definition) is 3. The van der Waals surface area contributed by atoms with E-state index in [2.05, 4.69) is 19.2 Å². The van der Waals surface area contributed by atoms with Gasteiger partial charge in [0.25, 0.3) is 0 Å². The molecule has 1 amide bonds. The number of nitrogens with one attached hydrogen (secondary N) is 1. The van der Waals surface area contributed by atoms with Gasteiger partial charge in [-0.25, -0.2) is 4.79 Å². The average molecular weight is 341 g/mol. The van der Waals surface area contributed by atoms with E-state index in [1.807, 2.05) is 36.4 Å². The number of phenols is 1. The van der Waals surface area contributed by atoms with Crippen LogP contribution in [0.3, 0.4) is 0 Å². The molecule has 0 heterocycles. The molecule has 3 rings (SSSR count). The number of phenolic OH excluding ortho intramolecular Hbond substituents is 1. The van der Waals surface area contributed by atoms with E-state index in [4.69, 9.17) is 9.84 Å². The molecular weight excluding hydrogens is 318 g/mol. The van der Waals surface area contributed by atoms with Crippen LogP contribution in [-0.4, -0.2) is 28.5 Å². The van der Waals surface area contributed by atoms with Gasteiger partial charge in [-0.15, -0.1) is 0 Å². The first-order valence-corrected chi connectivity index (χ1v) is 8.41. The number of amides is 1. The molecule has 1 aliphatic carbocycles. The Morgan fingerprint density at radius 1 is 1.04 bits per heavy atom. The van der Waals surface area contributed by atoms with Crippen LogP contribution < -0.4 is 10.1 Å². The molecule has 0 saturated heterocycles. The number of aromatic hydroxyl groups is 1. The number of carbonyl (C=O) groups is 1. The van der Waals surface area contributed by atoms with E-state index in [9.17, 15) is 9.90 Å². The zero-order chi connectivity index (χ0) is 18.0. The van der Waals surface area contributed by atoms with Gasteiger partial charge in [0.2, 0.25) is 0 Å². The van der Waals surface area contributed by atoms with Crippen molar-refractivity contribution in [1.29, 1.82) is 0 Å². The van der Waals surface area contributed by atoms with Crippen LogP contribution in [0.1, 0.15) is 37.8 Å². The molecule has 1 fully saturated rings. The monoisotopic (exact) mass is 341 g/mol. The first kappa shape index (κ1) is 17.1. The van der Waals surface area contributed by atoms with Gasteiger partial charge in [-0.05, 0) is 35.4 Å². The van der Waals surface area contributed by atoms with Gasteiger partial charge >= 0.3 is 6.09 Å². The Kier molecular flexibility index (Phi) is 4.57. The highest BCUT2D eigenvalue weighted by Crippen LogP contribution is 2.34. The Morgan fingerprint density at radius 2 is 1.56 bits per heavy atom. The third-order valence-electron chi connectivity index (χ3n) is 4.89. The molecule has 25 heavy (non-hydrogen) atoms. The standard InChI is InChI=1S/C20H23NO4/c1-20(2,13-3-7-16(22)8-4-13)14-5-9-17(10-6-14)25-18-11-15(12-18)21-19(23)24/h3-10,15,18,21-22H,11-12H2,1-2H3,(H,23,24)/t15-,18+. The number of benzene rings is 2. The SMILES string of the molecule is CC(C)(c1ccc(O)cc1)c1ccc(O[C@H]2C[C@@H](NC(=O)O)C2)cc1. The van der Waals surface area contributed by atoms with Gasteiger partial charge in [0, 0.05) is 24.3 Å². The highest BCUT2D eigenvalue weighted by atomic mass is 16.5. The Bertz CT molecular complexity index is 731. The van der Waals surface area contributed by atoms with Crippen molar-refractivity contribution >= 4 is 6.09 Å². The van der Waals surface area contributed by atoms with Crippen molar-refractivity contribution in [3.8, 4) is 11.5 Å². The molecule has 5 heteroatoms. The molecule has 0 aromatic heterocycles. The second kappa shape index (κ2) is 6.67. The highest BCUT2D eigenvalue weighted by molar-refractivity contribution is 5.65. The van der Waals surface area contributed by atoms with Crippen molar-refractivity contribution in [3.63, 3.8) is 0 Å². The molecule has 2 aromatic rings. The molecule has 2 aromatic carbocycles. The highest BCUT2D eigenvalue weighted by Gasteiger charge is 2.32. The Morgan fingerprint density at radius 3 is 2.08 bits per heavy atom. The first-order valence-electron chi connectivity index (χ1n) is 8.41. The zero-order valence-electron chi connectivity index (χ0n) is 14.4. The lowest BCUT2D eigenvalue weighted by Crippen LogP contribution is -2.48. The van der Waals surface area contributed by atoms with Crippen LogP contribution in [0.4, 0.5) is 4.79 Å². The minimum atomic E-state index is -0.982. The Hall–Kier alpha value is -2.69. The lowest BCUT2D eigenvalue weighted by molar-refractivity contribution is 0.0833. The summed E-state index contributed by atoms with van der Waals surface area (Å²) in [5.41, 5.74) is 2.10.